The molecule has 1 aliphatic heterocycles. The molecule has 0 atom stereocenters. The van der Waals surface area contributed by atoms with Crippen LogP contribution in [-0.2, 0) is 11.3 Å². The van der Waals surface area contributed by atoms with Gasteiger partial charge in [-0.05, 0) is 23.8 Å². The lowest BCUT2D eigenvalue weighted by atomic mass is 10.1. The molecule has 4 aromatic rings. The predicted molar refractivity (Wildman–Crippen MR) is 117 cm³/mol. The Morgan fingerprint density at radius 1 is 1.13 bits per heavy atom. The standard InChI is InChI=1S/C23H20N6O2/c24-13-17-3-1-2-4-18(17)14-29-15-21(26-27-29)16-5-6-20-19(11-16)22(30)12-23(25-20)28-7-9-31-10-8-28/h1-6,11-12,15H,7-10,14H2,(H,25,30). The molecular weight excluding hydrogens is 392 g/mol. The number of aromatic nitrogens is 4. The summed E-state index contributed by atoms with van der Waals surface area (Å²) in [6, 6.07) is 16.9. The molecule has 5 rings (SSSR count). The Morgan fingerprint density at radius 2 is 1.97 bits per heavy atom. The molecule has 2 aromatic heterocycles. The lowest BCUT2D eigenvalue weighted by molar-refractivity contribution is 0.122. The van der Waals surface area contributed by atoms with Crippen LogP contribution in [0, 0.1) is 11.3 Å². The Bertz CT molecular complexity index is 1340. The number of pyridine rings is 1. The molecule has 0 amide bonds. The topological polar surface area (TPSA) is 99.8 Å². The highest BCUT2D eigenvalue weighted by atomic mass is 16.5. The highest BCUT2D eigenvalue weighted by Crippen LogP contribution is 2.22. The molecule has 0 aliphatic carbocycles. The number of nitrogens with one attached hydrogen (secondary N) is 1. The first-order chi connectivity index (χ1) is 15.2. The number of aromatic amines is 1. The number of H-pyrrole nitrogens is 1. The largest absolute Gasteiger partial charge is 0.378 e. The summed E-state index contributed by atoms with van der Waals surface area (Å²) in [5, 5.41) is 18.3. The monoisotopic (exact) mass is 412 g/mol. The van der Waals surface area contributed by atoms with Crippen LogP contribution < -0.4 is 10.3 Å². The first-order valence-corrected chi connectivity index (χ1v) is 10.1. The number of morpholine rings is 1. The number of rotatable bonds is 4. The van der Waals surface area contributed by atoms with E-state index in [1.807, 2.05) is 42.6 Å². The van der Waals surface area contributed by atoms with Crippen LogP contribution in [0.2, 0.25) is 0 Å². The lowest BCUT2D eigenvalue weighted by Gasteiger charge is -2.28. The van der Waals surface area contributed by atoms with Crippen LogP contribution in [0.25, 0.3) is 22.2 Å². The van der Waals surface area contributed by atoms with Gasteiger partial charge in [0.2, 0.25) is 0 Å². The van der Waals surface area contributed by atoms with Crippen LogP contribution in [0.3, 0.4) is 0 Å². The summed E-state index contributed by atoms with van der Waals surface area (Å²) in [6.45, 7) is 3.30. The summed E-state index contributed by atoms with van der Waals surface area (Å²) >= 11 is 0. The zero-order valence-electron chi connectivity index (χ0n) is 16.8. The molecule has 8 heteroatoms. The number of hydrogen-bond donors (Lipinski definition) is 1. The fraction of sp³-hybridized carbons (Fsp3) is 0.217. The maximum absolute atomic E-state index is 12.8. The van der Waals surface area contributed by atoms with E-state index in [0.717, 1.165) is 35.6 Å². The van der Waals surface area contributed by atoms with Crippen molar-refractivity contribution in [1.29, 1.82) is 5.26 Å². The zero-order valence-corrected chi connectivity index (χ0v) is 16.8. The van der Waals surface area contributed by atoms with Crippen LogP contribution in [-0.4, -0.2) is 46.3 Å². The van der Waals surface area contributed by atoms with Crippen molar-refractivity contribution in [3.05, 3.63) is 76.1 Å². The number of hydrogen-bond acceptors (Lipinski definition) is 6. The van der Waals surface area contributed by atoms with Crippen molar-refractivity contribution in [3.63, 3.8) is 0 Å². The van der Waals surface area contributed by atoms with E-state index in [9.17, 15) is 10.1 Å². The second kappa shape index (κ2) is 8.05. The first-order valence-electron chi connectivity index (χ1n) is 10.1. The van der Waals surface area contributed by atoms with E-state index in [1.54, 1.807) is 16.8 Å². The number of fused-ring (bicyclic) bond motifs is 1. The smallest absolute Gasteiger partial charge is 0.191 e. The first kappa shape index (κ1) is 19.0. The molecule has 0 radical (unpaired) electrons. The minimum absolute atomic E-state index is 0.0348. The van der Waals surface area contributed by atoms with E-state index in [0.29, 0.717) is 36.4 Å². The minimum Gasteiger partial charge on any atom is -0.378 e. The van der Waals surface area contributed by atoms with Crippen LogP contribution in [0.5, 0.6) is 0 Å². The molecule has 3 heterocycles. The second-order valence-electron chi connectivity index (χ2n) is 7.45. The fourth-order valence-corrected chi connectivity index (χ4v) is 3.82. The molecule has 0 unspecified atom stereocenters. The summed E-state index contributed by atoms with van der Waals surface area (Å²) in [6.07, 6.45) is 1.83. The van der Waals surface area contributed by atoms with Crippen LogP contribution in [0.15, 0.2) is 59.5 Å². The lowest BCUT2D eigenvalue weighted by Crippen LogP contribution is -2.37. The van der Waals surface area contributed by atoms with Crippen molar-refractivity contribution in [2.45, 2.75) is 6.54 Å². The van der Waals surface area contributed by atoms with Gasteiger partial charge >= 0.3 is 0 Å². The highest BCUT2D eigenvalue weighted by molar-refractivity contribution is 5.84. The maximum atomic E-state index is 12.8. The quantitative estimate of drug-likeness (QED) is 0.553. The van der Waals surface area contributed by atoms with E-state index in [1.165, 1.54) is 0 Å². The summed E-state index contributed by atoms with van der Waals surface area (Å²) < 4.78 is 7.09. The third-order valence-electron chi connectivity index (χ3n) is 5.47. The van der Waals surface area contributed by atoms with Crippen molar-refractivity contribution < 1.29 is 4.74 Å². The van der Waals surface area contributed by atoms with Gasteiger partial charge in [-0.25, -0.2) is 4.68 Å². The molecule has 1 N–H and O–H groups in total. The SMILES string of the molecule is N#Cc1ccccc1Cn1cc(-c2ccc3[nH]c(N4CCOCC4)cc(=O)c3c2)nn1. The third-order valence-corrected chi connectivity index (χ3v) is 5.47. The van der Waals surface area contributed by atoms with E-state index in [-0.39, 0.29) is 5.43 Å². The predicted octanol–water partition coefficient (Wildman–Crippen LogP) is 2.54. The van der Waals surface area contributed by atoms with Gasteiger partial charge in [-0.3, -0.25) is 4.79 Å². The zero-order chi connectivity index (χ0) is 21.2. The maximum Gasteiger partial charge on any atom is 0.191 e. The molecule has 31 heavy (non-hydrogen) atoms. The van der Waals surface area contributed by atoms with Crippen molar-refractivity contribution in [2.75, 3.05) is 31.2 Å². The number of nitriles is 1. The van der Waals surface area contributed by atoms with Crippen LogP contribution >= 0.6 is 0 Å². The Kier molecular flexibility index (Phi) is 4.94. The molecular formula is C23H20N6O2. The van der Waals surface area contributed by atoms with Crippen molar-refractivity contribution in [1.82, 2.24) is 20.0 Å². The van der Waals surface area contributed by atoms with Crippen molar-refractivity contribution in [3.8, 4) is 17.3 Å². The van der Waals surface area contributed by atoms with Gasteiger partial charge in [-0.15, -0.1) is 5.10 Å². The Hall–Kier alpha value is -3.96. The molecule has 2 aromatic carbocycles. The van der Waals surface area contributed by atoms with Gasteiger partial charge < -0.3 is 14.6 Å². The molecule has 0 saturated carbocycles. The highest BCUT2D eigenvalue weighted by Gasteiger charge is 2.14. The summed E-state index contributed by atoms with van der Waals surface area (Å²) in [7, 11) is 0. The van der Waals surface area contributed by atoms with Crippen molar-refractivity contribution in [2.24, 2.45) is 0 Å². The summed E-state index contributed by atoms with van der Waals surface area (Å²) in [5.41, 5.74) is 3.74. The molecule has 154 valence electrons. The van der Waals surface area contributed by atoms with Gasteiger partial charge in [0, 0.05) is 30.1 Å². The van der Waals surface area contributed by atoms with Crippen molar-refractivity contribution >= 4 is 16.7 Å². The van der Waals surface area contributed by atoms with Crippen LogP contribution in [0.4, 0.5) is 5.82 Å². The van der Waals surface area contributed by atoms with Gasteiger partial charge in [0.25, 0.3) is 0 Å². The van der Waals surface area contributed by atoms with Gasteiger partial charge in [0.1, 0.15) is 11.5 Å². The Balaban J connectivity index is 1.44. The molecule has 1 fully saturated rings. The van der Waals surface area contributed by atoms with E-state index in [4.69, 9.17) is 4.74 Å². The number of benzene rings is 2. The Labute approximate surface area is 178 Å². The normalized spacial score (nSPS) is 14.0. The Morgan fingerprint density at radius 3 is 2.81 bits per heavy atom. The van der Waals surface area contributed by atoms with Gasteiger partial charge in [-0.1, -0.05) is 29.5 Å². The fourth-order valence-electron chi connectivity index (χ4n) is 3.82. The van der Waals surface area contributed by atoms with E-state index < -0.39 is 0 Å². The molecule has 1 aliphatic rings. The summed E-state index contributed by atoms with van der Waals surface area (Å²) in [4.78, 5) is 18.3. The number of anilines is 1. The average Bonchev–Trinajstić information content (AvgIpc) is 3.28. The number of ether oxygens (including phenoxy) is 1. The second-order valence-corrected chi connectivity index (χ2v) is 7.45. The molecule has 0 bridgehead atoms. The minimum atomic E-state index is -0.0348. The molecule has 0 spiro atoms. The van der Waals surface area contributed by atoms with Gasteiger partial charge in [0.05, 0.1) is 43.1 Å². The van der Waals surface area contributed by atoms with E-state index in [2.05, 4.69) is 26.3 Å². The third kappa shape index (κ3) is 3.79. The van der Waals surface area contributed by atoms with E-state index >= 15 is 0 Å². The molecule has 1 saturated heterocycles. The van der Waals surface area contributed by atoms with Gasteiger partial charge in [0.15, 0.2) is 5.43 Å². The summed E-state index contributed by atoms with van der Waals surface area (Å²) in [5.74, 6) is 0.815. The number of nitrogens with zero attached hydrogens (tertiary/aromatic N) is 5. The van der Waals surface area contributed by atoms with Crippen LogP contribution in [0.1, 0.15) is 11.1 Å². The van der Waals surface area contributed by atoms with Gasteiger partial charge in [-0.2, -0.15) is 5.26 Å². The molecule has 8 nitrogen and oxygen atoms in total. The average molecular weight is 412 g/mol.